The second-order valence-corrected chi connectivity index (χ2v) is 5.38. The first-order valence-corrected chi connectivity index (χ1v) is 7.05. The Morgan fingerprint density at radius 2 is 1.91 bits per heavy atom. The van der Waals surface area contributed by atoms with Gasteiger partial charge >= 0.3 is 5.97 Å². The van der Waals surface area contributed by atoms with Gasteiger partial charge in [0.2, 0.25) is 5.91 Å². The average Bonchev–Trinajstić information content (AvgIpc) is 3.23. The van der Waals surface area contributed by atoms with Crippen LogP contribution in [0.1, 0.15) is 13.3 Å². The molecule has 0 aliphatic heterocycles. The summed E-state index contributed by atoms with van der Waals surface area (Å²) < 4.78 is 30.5. The molecule has 1 saturated carbocycles. The Bertz CT molecular complexity index is 636. The summed E-state index contributed by atoms with van der Waals surface area (Å²) >= 11 is 0. The molecule has 2 atom stereocenters. The fourth-order valence-electron chi connectivity index (χ4n) is 1.90. The average molecular weight is 326 g/mol. The van der Waals surface area contributed by atoms with Crippen molar-refractivity contribution in [3.63, 3.8) is 0 Å². The number of rotatable bonds is 6. The van der Waals surface area contributed by atoms with E-state index in [2.05, 4.69) is 10.6 Å². The molecule has 124 valence electrons. The molecular formula is C15H16F2N2O4. The Hall–Kier alpha value is -2.51. The highest BCUT2D eigenvalue weighted by Gasteiger charge is 2.40. The maximum absolute atomic E-state index is 13.0. The minimum absolute atomic E-state index is 0.0669. The zero-order chi connectivity index (χ0) is 17.0. The van der Waals surface area contributed by atoms with Gasteiger partial charge in [-0.3, -0.25) is 14.4 Å². The molecule has 1 aliphatic rings. The van der Waals surface area contributed by atoms with Crippen LogP contribution in [0.3, 0.4) is 0 Å². The van der Waals surface area contributed by atoms with Gasteiger partial charge in [-0.25, -0.2) is 8.78 Å². The summed E-state index contributed by atoms with van der Waals surface area (Å²) in [6.07, 6.45) is 0.761. The van der Waals surface area contributed by atoms with Gasteiger partial charge in [-0.05, 0) is 24.5 Å². The predicted octanol–water partition coefficient (Wildman–Crippen LogP) is 1.22. The fraction of sp³-hybridized carbons (Fsp3) is 0.400. The molecule has 0 unspecified atom stereocenters. The summed E-state index contributed by atoms with van der Waals surface area (Å²) in [7, 11) is 0. The van der Waals surface area contributed by atoms with E-state index in [4.69, 9.17) is 4.74 Å². The lowest BCUT2D eigenvalue weighted by Gasteiger charge is -2.08. The minimum Gasteiger partial charge on any atom is -0.455 e. The van der Waals surface area contributed by atoms with E-state index in [-0.39, 0.29) is 24.1 Å². The van der Waals surface area contributed by atoms with Crippen molar-refractivity contribution in [3.05, 3.63) is 29.8 Å². The summed E-state index contributed by atoms with van der Waals surface area (Å²) in [6, 6.07) is 2.90. The van der Waals surface area contributed by atoms with E-state index in [0.717, 1.165) is 18.6 Å². The molecule has 0 bridgehead atoms. The van der Waals surface area contributed by atoms with E-state index < -0.39 is 36.0 Å². The zero-order valence-corrected chi connectivity index (χ0v) is 12.4. The Labute approximate surface area is 131 Å². The van der Waals surface area contributed by atoms with Crippen molar-refractivity contribution in [2.75, 3.05) is 18.5 Å². The van der Waals surface area contributed by atoms with E-state index in [9.17, 15) is 23.2 Å². The standard InChI is InChI=1S/C15H16F2N2O4/c1-8-4-10(8)15(22)23-7-14(21)18-6-13(20)19-9-2-3-11(16)12(17)5-9/h2-3,5,8,10H,4,6-7H2,1H3,(H,18,21)(H,19,20)/t8-,10-/m1/s1. The number of carbonyl (C=O) groups is 3. The van der Waals surface area contributed by atoms with E-state index in [1.54, 1.807) is 0 Å². The largest absolute Gasteiger partial charge is 0.455 e. The first-order chi connectivity index (χ1) is 10.9. The van der Waals surface area contributed by atoms with Gasteiger partial charge in [-0.2, -0.15) is 0 Å². The Morgan fingerprint density at radius 1 is 1.22 bits per heavy atom. The lowest BCUT2D eigenvalue weighted by atomic mass is 10.3. The van der Waals surface area contributed by atoms with Crippen LogP contribution < -0.4 is 10.6 Å². The first-order valence-electron chi connectivity index (χ1n) is 7.05. The van der Waals surface area contributed by atoms with Crippen LogP contribution in [-0.4, -0.2) is 30.9 Å². The molecule has 0 aromatic heterocycles. The summed E-state index contributed by atoms with van der Waals surface area (Å²) in [5.41, 5.74) is 0.0669. The van der Waals surface area contributed by atoms with Gasteiger partial charge < -0.3 is 15.4 Å². The van der Waals surface area contributed by atoms with E-state index >= 15 is 0 Å². The van der Waals surface area contributed by atoms with Gasteiger partial charge in [0.25, 0.3) is 5.91 Å². The van der Waals surface area contributed by atoms with Crippen LogP contribution in [-0.2, 0) is 19.1 Å². The summed E-state index contributed by atoms with van der Waals surface area (Å²) in [4.78, 5) is 34.4. The van der Waals surface area contributed by atoms with Gasteiger partial charge in [0.15, 0.2) is 18.2 Å². The van der Waals surface area contributed by atoms with Gasteiger partial charge in [0, 0.05) is 11.8 Å². The Balaban J connectivity index is 1.68. The van der Waals surface area contributed by atoms with Crippen LogP contribution >= 0.6 is 0 Å². The number of amides is 2. The fourth-order valence-corrected chi connectivity index (χ4v) is 1.90. The molecule has 1 aromatic carbocycles. The topological polar surface area (TPSA) is 84.5 Å². The van der Waals surface area contributed by atoms with Gasteiger partial charge in [0.05, 0.1) is 12.5 Å². The molecule has 0 heterocycles. The van der Waals surface area contributed by atoms with Crippen LogP contribution in [0.15, 0.2) is 18.2 Å². The monoisotopic (exact) mass is 326 g/mol. The molecule has 2 amide bonds. The number of carbonyl (C=O) groups excluding carboxylic acids is 3. The highest BCUT2D eigenvalue weighted by atomic mass is 19.2. The van der Waals surface area contributed by atoms with Crippen molar-refractivity contribution in [3.8, 4) is 0 Å². The predicted molar refractivity (Wildman–Crippen MR) is 76.2 cm³/mol. The molecule has 0 radical (unpaired) electrons. The lowest BCUT2D eigenvalue weighted by molar-refractivity contribution is -0.150. The lowest BCUT2D eigenvalue weighted by Crippen LogP contribution is -2.35. The second-order valence-electron chi connectivity index (χ2n) is 5.38. The van der Waals surface area contributed by atoms with Crippen LogP contribution in [0.4, 0.5) is 14.5 Å². The van der Waals surface area contributed by atoms with Crippen LogP contribution in [0.2, 0.25) is 0 Å². The number of hydrogen-bond acceptors (Lipinski definition) is 4. The zero-order valence-electron chi connectivity index (χ0n) is 12.4. The van der Waals surface area contributed by atoms with Crippen molar-refractivity contribution in [1.29, 1.82) is 0 Å². The molecular weight excluding hydrogens is 310 g/mol. The third-order valence-corrected chi connectivity index (χ3v) is 3.41. The number of halogens is 2. The number of hydrogen-bond donors (Lipinski definition) is 2. The number of anilines is 1. The Kier molecular flexibility index (Phi) is 5.25. The number of benzene rings is 1. The van der Waals surface area contributed by atoms with E-state index in [0.29, 0.717) is 0 Å². The smallest absolute Gasteiger partial charge is 0.309 e. The van der Waals surface area contributed by atoms with Crippen LogP contribution in [0, 0.1) is 23.5 Å². The molecule has 6 nitrogen and oxygen atoms in total. The van der Waals surface area contributed by atoms with Crippen molar-refractivity contribution in [2.24, 2.45) is 11.8 Å². The third-order valence-electron chi connectivity index (χ3n) is 3.41. The van der Waals surface area contributed by atoms with E-state index in [1.807, 2.05) is 6.92 Å². The maximum Gasteiger partial charge on any atom is 0.309 e. The van der Waals surface area contributed by atoms with Gasteiger partial charge in [-0.1, -0.05) is 6.92 Å². The van der Waals surface area contributed by atoms with Crippen molar-refractivity contribution >= 4 is 23.5 Å². The van der Waals surface area contributed by atoms with E-state index in [1.165, 1.54) is 6.07 Å². The number of nitrogens with one attached hydrogen (secondary N) is 2. The molecule has 23 heavy (non-hydrogen) atoms. The van der Waals surface area contributed by atoms with Crippen LogP contribution in [0.25, 0.3) is 0 Å². The normalized spacial score (nSPS) is 18.9. The van der Waals surface area contributed by atoms with Gasteiger partial charge in [-0.15, -0.1) is 0 Å². The SMILES string of the molecule is C[C@@H]1C[C@H]1C(=O)OCC(=O)NCC(=O)Nc1ccc(F)c(F)c1. The quantitative estimate of drug-likeness (QED) is 0.770. The van der Waals surface area contributed by atoms with Crippen molar-refractivity contribution in [1.82, 2.24) is 5.32 Å². The summed E-state index contributed by atoms with van der Waals surface area (Å²) in [6.45, 7) is 1.07. The molecule has 1 aromatic rings. The Morgan fingerprint density at radius 3 is 2.52 bits per heavy atom. The third kappa shape index (κ3) is 5.01. The molecule has 1 fully saturated rings. The second kappa shape index (κ2) is 7.17. The highest BCUT2D eigenvalue weighted by molar-refractivity contribution is 5.94. The molecule has 2 N–H and O–H groups in total. The molecule has 1 aliphatic carbocycles. The van der Waals surface area contributed by atoms with Crippen LogP contribution in [0.5, 0.6) is 0 Å². The number of ether oxygens (including phenoxy) is 1. The minimum atomic E-state index is -1.09. The molecule has 2 rings (SSSR count). The summed E-state index contributed by atoms with van der Waals surface area (Å²) in [5, 5.41) is 4.55. The molecule has 8 heteroatoms. The molecule has 0 spiro atoms. The first kappa shape index (κ1) is 16.9. The van der Waals surface area contributed by atoms with Crippen molar-refractivity contribution in [2.45, 2.75) is 13.3 Å². The van der Waals surface area contributed by atoms with Gasteiger partial charge in [0.1, 0.15) is 0 Å². The number of esters is 1. The summed E-state index contributed by atoms with van der Waals surface area (Å²) in [5.74, 6) is -3.62. The maximum atomic E-state index is 13.0. The molecule has 0 saturated heterocycles. The van der Waals surface area contributed by atoms with Crippen molar-refractivity contribution < 1.29 is 27.9 Å². The highest BCUT2D eigenvalue weighted by Crippen LogP contribution is 2.38.